The SMILES string of the molecule is O=C(O)CCc1ccc(-c2cccnc2)[nH]1. The normalized spacial score (nSPS) is 10.2. The summed E-state index contributed by atoms with van der Waals surface area (Å²) in [5.74, 6) is -0.780. The Balaban J connectivity index is 2.11. The van der Waals surface area contributed by atoms with Gasteiger partial charge in [-0.1, -0.05) is 0 Å². The van der Waals surface area contributed by atoms with Crippen LogP contribution >= 0.6 is 0 Å². The number of nitrogens with zero attached hydrogens (tertiary/aromatic N) is 1. The van der Waals surface area contributed by atoms with Crippen molar-refractivity contribution in [2.75, 3.05) is 0 Å². The molecule has 2 heterocycles. The van der Waals surface area contributed by atoms with Crippen LogP contribution in [0.1, 0.15) is 12.1 Å². The molecule has 2 N–H and O–H groups in total. The van der Waals surface area contributed by atoms with Gasteiger partial charge in [-0.25, -0.2) is 0 Å². The molecule has 4 nitrogen and oxygen atoms in total. The van der Waals surface area contributed by atoms with E-state index in [9.17, 15) is 4.79 Å². The molecular formula is C12H12N2O2. The summed E-state index contributed by atoms with van der Waals surface area (Å²) in [6.45, 7) is 0. The van der Waals surface area contributed by atoms with E-state index >= 15 is 0 Å². The van der Waals surface area contributed by atoms with Gasteiger partial charge in [-0.3, -0.25) is 9.78 Å². The van der Waals surface area contributed by atoms with E-state index in [2.05, 4.69) is 9.97 Å². The maximum Gasteiger partial charge on any atom is 0.303 e. The fraction of sp³-hybridized carbons (Fsp3) is 0.167. The van der Waals surface area contributed by atoms with Crippen molar-refractivity contribution in [1.29, 1.82) is 0 Å². The van der Waals surface area contributed by atoms with Crippen LogP contribution < -0.4 is 0 Å². The van der Waals surface area contributed by atoms with Crippen molar-refractivity contribution in [2.45, 2.75) is 12.8 Å². The van der Waals surface area contributed by atoms with Crippen LogP contribution in [0.4, 0.5) is 0 Å². The lowest BCUT2D eigenvalue weighted by Crippen LogP contribution is -1.97. The minimum Gasteiger partial charge on any atom is -0.481 e. The Morgan fingerprint density at radius 3 is 2.94 bits per heavy atom. The van der Waals surface area contributed by atoms with E-state index in [0.717, 1.165) is 17.0 Å². The predicted molar refractivity (Wildman–Crippen MR) is 60.0 cm³/mol. The first-order valence-electron chi connectivity index (χ1n) is 5.06. The second-order valence-corrected chi connectivity index (χ2v) is 3.53. The molecule has 0 atom stereocenters. The van der Waals surface area contributed by atoms with Crippen LogP contribution in [-0.4, -0.2) is 21.0 Å². The third kappa shape index (κ3) is 2.48. The lowest BCUT2D eigenvalue weighted by atomic mass is 10.2. The van der Waals surface area contributed by atoms with E-state index in [0.29, 0.717) is 6.42 Å². The van der Waals surface area contributed by atoms with Crippen LogP contribution in [0.5, 0.6) is 0 Å². The van der Waals surface area contributed by atoms with Crippen LogP contribution in [0.25, 0.3) is 11.3 Å². The van der Waals surface area contributed by atoms with Gasteiger partial charge in [-0.15, -0.1) is 0 Å². The topological polar surface area (TPSA) is 66.0 Å². The molecule has 0 radical (unpaired) electrons. The Kier molecular flexibility index (Phi) is 3.00. The van der Waals surface area contributed by atoms with E-state index in [4.69, 9.17) is 5.11 Å². The zero-order valence-corrected chi connectivity index (χ0v) is 8.68. The van der Waals surface area contributed by atoms with Gasteiger partial charge in [0.05, 0.1) is 6.42 Å². The summed E-state index contributed by atoms with van der Waals surface area (Å²) < 4.78 is 0. The van der Waals surface area contributed by atoms with Crippen molar-refractivity contribution in [3.63, 3.8) is 0 Å². The Labute approximate surface area is 93.0 Å². The number of aromatic amines is 1. The predicted octanol–water partition coefficient (Wildman–Crippen LogP) is 2.09. The maximum absolute atomic E-state index is 10.4. The molecule has 0 fully saturated rings. The number of aryl methyl sites for hydroxylation is 1. The van der Waals surface area contributed by atoms with Crippen molar-refractivity contribution in [2.24, 2.45) is 0 Å². The minimum absolute atomic E-state index is 0.146. The zero-order chi connectivity index (χ0) is 11.4. The molecule has 4 heteroatoms. The summed E-state index contributed by atoms with van der Waals surface area (Å²) in [6.07, 6.45) is 4.16. The molecule has 0 aliphatic heterocycles. The van der Waals surface area contributed by atoms with Gasteiger partial charge in [0.2, 0.25) is 0 Å². The second kappa shape index (κ2) is 4.61. The third-order valence-electron chi connectivity index (χ3n) is 2.33. The average molecular weight is 216 g/mol. The molecule has 0 aliphatic carbocycles. The lowest BCUT2D eigenvalue weighted by Gasteiger charge is -1.97. The second-order valence-electron chi connectivity index (χ2n) is 3.53. The monoisotopic (exact) mass is 216 g/mol. The fourth-order valence-electron chi connectivity index (χ4n) is 1.52. The molecule has 2 rings (SSSR count). The maximum atomic E-state index is 10.4. The smallest absolute Gasteiger partial charge is 0.303 e. The largest absolute Gasteiger partial charge is 0.481 e. The molecule has 0 spiro atoms. The number of carbonyl (C=O) groups is 1. The summed E-state index contributed by atoms with van der Waals surface area (Å²) >= 11 is 0. The summed E-state index contributed by atoms with van der Waals surface area (Å²) in [7, 11) is 0. The summed E-state index contributed by atoms with van der Waals surface area (Å²) in [5, 5.41) is 8.57. The van der Waals surface area contributed by atoms with Crippen molar-refractivity contribution in [1.82, 2.24) is 9.97 Å². The standard InChI is InChI=1S/C12H12N2O2/c15-12(16)6-4-10-3-5-11(14-10)9-2-1-7-13-8-9/h1-3,5,7-8,14H,4,6H2,(H,15,16). The van der Waals surface area contributed by atoms with Crippen LogP contribution in [0.2, 0.25) is 0 Å². The van der Waals surface area contributed by atoms with Gasteiger partial charge in [0.1, 0.15) is 0 Å². The highest BCUT2D eigenvalue weighted by atomic mass is 16.4. The Hall–Kier alpha value is -2.10. The van der Waals surface area contributed by atoms with Crippen LogP contribution in [0.3, 0.4) is 0 Å². The number of hydrogen-bond acceptors (Lipinski definition) is 2. The Morgan fingerprint density at radius 2 is 2.25 bits per heavy atom. The summed E-state index contributed by atoms with van der Waals surface area (Å²) in [6, 6.07) is 7.67. The molecule has 0 bridgehead atoms. The highest BCUT2D eigenvalue weighted by Crippen LogP contribution is 2.17. The quantitative estimate of drug-likeness (QED) is 0.822. The zero-order valence-electron chi connectivity index (χ0n) is 8.68. The van der Waals surface area contributed by atoms with E-state index in [1.165, 1.54) is 0 Å². The number of H-pyrrole nitrogens is 1. The number of carboxylic acids is 1. The van der Waals surface area contributed by atoms with E-state index in [-0.39, 0.29) is 6.42 Å². The third-order valence-corrected chi connectivity index (χ3v) is 2.33. The first-order valence-corrected chi connectivity index (χ1v) is 5.06. The Bertz CT molecular complexity index is 477. The van der Waals surface area contributed by atoms with Crippen LogP contribution in [-0.2, 0) is 11.2 Å². The number of hydrogen-bond donors (Lipinski definition) is 2. The van der Waals surface area contributed by atoms with Gasteiger partial charge in [-0.2, -0.15) is 0 Å². The number of aromatic nitrogens is 2. The van der Waals surface area contributed by atoms with Crippen molar-refractivity contribution < 1.29 is 9.90 Å². The molecule has 0 unspecified atom stereocenters. The minimum atomic E-state index is -0.780. The molecule has 82 valence electrons. The molecule has 0 amide bonds. The number of pyridine rings is 1. The van der Waals surface area contributed by atoms with Crippen LogP contribution in [0.15, 0.2) is 36.7 Å². The van der Waals surface area contributed by atoms with E-state index in [1.54, 1.807) is 12.4 Å². The molecular weight excluding hydrogens is 204 g/mol. The number of rotatable bonds is 4. The van der Waals surface area contributed by atoms with Crippen molar-refractivity contribution >= 4 is 5.97 Å². The first kappa shape index (κ1) is 10.4. The van der Waals surface area contributed by atoms with Gasteiger partial charge in [0.25, 0.3) is 0 Å². The van der Waals surface area contributed by atoms with Gasteiger partial charge < -0.3 is 10.1 Å². The first-order chi connectivity index (χ1) is 7.75. The number of carboxylic acid groups (broad SMARTS) is 1. The molecule has 0 saturated heterocycles. The number of nitrogens with one attached hydrogen (secondary N) is 1. The van der Waals surface area contributed by atoms with Gasteiger partial charge in [-0.05, 0) is 30.7 Å². The van der Waals surface area contributed by atoms with Crippen molar-refractivity contribution in [3.8, 4) is 11.3 Å². The highest BCUT2D eigenvalue weighted by Gasteiger charge is 2.03. The van der Waals surface area contributed by atoms with Gasteiger partial charge >= 0.3 is 5.97 Å². The van der Waals surface area contributed by atoms with Gasteiger partial charge in [0, 0.05) is 29.3 Å². The summed E-state index contributed by atoms with van der Waals surface area (Å²) in [4.78, 5) is 17.6. The van der Waals surface area contributed by atoms with Crippen molar-refractivity contribution in [3.05, 3.63) is 42.4 Å². The molecule has 2 aromatic rings. The molecule has 16 heavy (non-hydrogen) atoms. The summed E-state index contributed by atoms with van der Waals surface area (Å²) in [5.41, 5.74) is 2.90. The fourth-order valence-corrected chi connectivity index (χ4v) is 1.52. The average Bonchev–Trinajstić information content (AvgIpc) is 2.76. The molecule has 0 saturated carbocycles. The molecule has 2 aromatic heterocycles. The van der Waals surface area contributed by atoms with E-state index < -0.39 is 5.97 Å². The highest BCUT2D eigenvalue weighted by molar-refractivity contribution is 5.67. The number of aliphatic carboxylic acids is 1. The molecule has 0 aliphatic rings. The van der Waals surface area contributed by atoms with Gasteiger partial charge in [0.15, 0.2) is 0 Å². The Morgan fingerprint density at radius 1 is 1.38 bits per heavy atom. The molecule has 0 aromatic carbocycles. The van der Waals surface area contributed by atoms with Crippen LogP contribution in [0, 0.1) is 0 Å². The van der Waals surface area contributed by atoms with E-state index in [1.807, 2.05) is 24.3 Å². The lowest BCUT2D eigenvalue weighted by molar-refractivity contribution is -0.136.